The minimum absolute atomic E-state index is 0.185. The van der Waals surface area contributed by atoms with Crippen molar-refractivity contribution in [3.05, 3.63) is 11.1 Å². The Morgan fingerprint density at radius 1 is 1.61 bits per heavy atom. The number of hydrogen-bond acceptors (Lipinski definition) is 6. The zero-order valence-corrected chi connectivity index (χ0v) is 10.5. The highest BCUT2D eigenvalue weighted by molar-refractivity contribution is 7.13. The molecule has 0 aliphatic carbocycles. The van der Waals surface area contributed by atoms with Crippen molar-refractivity contribution in [1.29, 1.82) is 0 Å². The molecular formula is C10H12N4O3S. The second-order valence-corrected chi connectivity index (χ2v) is 4.82. The second-order valence-electron chi connectivity index (χ2n) is 3.93. The minimum atomic E-state index is -0.678. The average Bonchev–Trinajstić information content (AvgIpc) is 2.77. The summed E-state index contributed by atoms with van der Waals surface area (Å²) in [6, 6.07) is -0.678. The fraction of sp³-hybridized carbons (Fsp3) is 0.400. The zero-order chi connectivity index (χ0) is 13.3. The Bertz CT molecular complexity index is 513. The van der Waals surface area contributed by atoms with Crippen LogP contribution in [0.1, 0.15) is 23.3 Å². The van der Waals surface area contributed by atoms with Gasteiger partial charge in [0.1, 0.15) is 11.7 Å². The number of anilines is 1. The number of likely N-dealkylation sites (tertiary alicyclic amines) is 1. The highest BCUT2D eigenvalue weighted by Gasteiger charge is 2.33. The van der Waals surface area contributed by atoms with Gasteiger partial charge in [0.2, 0.25) is 5.91 Å². The number of nitrogens with zero attached hydrogens (tertiary/aromatic N) is 2. The van der Waals surface area contributed by atoms with Crippen LogP contribution in [-0.4, -0.2) is 40.7 Å². The SMILES string of the molecule is CN1C(=O)CCC(NC(=O)c2csc(N)n2)C1=O. The third-order valence-corrected chi connectivity index (χ3v) is 3.38. The second kappa shape index (κ2) is 4.73. The summed E-state index contributed by atoms with van der Waals surface area (Å²) in [5, 5.41) is 4.37. The van der Waals surface area contributed by atoms with Gasteiger partial charge >= 0.3 is 0 Å². The van der Waals surface area contributed by atoms with E-state index in [-0.39, 0.29) is 18.0 Å². The first-order valence-corrected chi connectivity index (χ1v) is 6.19. The third-order valence-electron chi connectivity index (χ3n) is 2.71. The summed E-state index contributed by atoms with van der Waals surface area (Å²) < 4.78 is 0. The van der Waals surface area contributed by atoms with Crippen LogP contribution in [0.3, 0.4) is 0 Å². The zero-order valence-electron chi connectivity index (χ0n) is 9.67. The molecule has 0 saturated carbocycles. The lowest BCUT2D eigenvalue weighted by Crippen LogP contribution is -2.52. The molecule has 3 amide bonds. The number of thiazole rings is 1. The normalized spacial score (nSPS) is 20.1. The molecule has 7 nitrogen and oxygen atoms in total. The van der Waals surface area contributed by atoms with Crippen LogP contribution in [0.15, 0.2) is 5.38 Å². The molecule has 96 valence electrons. The molecule has 1 aromatic rings. The van der Waals surface area contributed by atoms with Gasteiger partial charge in [0, 0.05) is 18.8 Å². The molecule has 1 aromatic heterocycles. The molecule has 2 rings (SSSR count). The Kier molecular flexibility index (Phi) is 3.28. The van der Waals surface area contributed by atoms with Gasteiger partial charge < -0.3 is 11.1 Å². The smallest absolute Gasteiger partial charge is 0.271 e. The predicted octanol–water partition coefficient (Wildman–Crippen LogP) is -0.397. The molecule has 0 radical (unpaired) electrons. The predicted molar refractivity (Wildman–Crippen MR) is 64.8 cm³/mol. The van der Waals surface area contributed by atoms with Gasteiger partial charge in [-0.1, -0.05) is 0 Å². The van der Waals surface area contributed by atoms with Crippen LogP contribution < -0.4 is 11.1 Å². The summed E-state index contributed by atoms with van der Waals surface area (Å²) in [5.41, 5.74) is 5.61. The van der Waals surface area contributed by atoms with Crippen molar-refractivity contribution in [2.75, 3.05) is 12.8 Å². The number of hydrogen-bond donors (Lipinski definition) is 2. The Morgan fingerprint density at radius 3 is 2.94 bits per heavy atom. The van der Waals surface area contributed by atoms with Crippen LogP contribution in [0.5, 0.6) is 0 Å². The Balaban J connectivity index is 2.04. The maximum atomic E-state index is 11.8. The van der Waals surface area contributed by atoms with Crippen LogP contribution in [0.2, 0.25) is 0 Å². The first kappa shape index (κ1) is 12.5. The van der Waals surface area contributed by atoms with Gasteiger partial charge in [0.05, 0.1) is 0 Å². The molecule has 18 heavy (non-hydrogen) atoms. The molecule has 1 aliphatic rings. The number of nitrogens with two attached hydrogens (primary N) is 1. The molecule has 1 atom stereocenters. The lowest BCUT2D eigenvalue weighted by atomic mass is 10.0. The van der Waals surface area contributed by atoms with E-state index in [0.29, 0.717) is 11.6 Å². The molecule has 1 unspecified atom stereocenters. The number of carbonyl (C=O) groups excluding carboxylic acids is 3. The van der Waals surface area contributed by atoms with Crippen LogP contribution in [0.4, 0.5) is 5.13 Å². The van der Waals surface area contributed by atoms with E-state index in [4.69, 9.17) is 5.73 Å². The summed E-state index contributed by atoms with van der Waals surface area (Å²) >= 11 is 1.15. The van der Waals surface area contributed by atoms with Crippen molar-refractivity contribution in [1.82, 2.24) is 15.2 Å². The van der Waals surface area contributed by atoms with E-state index < -0.39 is 17.9 Å². The van der Waals surface area contributed by atoms with E-state index in [0.717, 1.165) is 16.2 Å². The van der Waals surface area contributed by atoms with Gasteiger partial charge in [0.25, 0.3) is 11.8 Å². The minimum Gasteiger partial charge on any atom is -0.375 e. The lowest BCUT2D eigenvalue weighted by molar-refractivity contribution is -0.147. The molecule has 0 spiro atoms. The maximum absolute atomic E-state index is 11.8. The van der Waals surface area contributed by atoms with Gasteiger partial charge in [-0.2, -0.15) is 0 Å². The van der Waals surface area contributed by atoms with Crippen LogP contribution >= 0.6 is 11.3 Å². The van der Waals surface area contributed by atoms with Gasteiger partial charge in [0.15, 0.2) is 5.13 Å². The standard InChI is InChI=1S/C10H12N4O3S/c1-14-7(15)3-2-5(9(14)17)12-8(16)6-4-18-10(11)13-6/h4-5H,2-3H2,1H3,(H2,11,13)(H,12,16). The van der Waals surface area contributed by atoms with E-state index in [9.17, 15) is 14.4 Å². The number of nitrogen functional groups attached to an aromatic ring is 1. The molecule has 1 aliphatic heterocycles. The number of aromatic nitrogens is 1. The molecule has 0 bridgehead atoms. The first-order chi connectivity index (χ1) is 8.49. The van der Waals surface area contributed by atoms with Crippen molar-refractivity contribution < 1.29 is 14.4 Å². The Morgan fingerprint density at radius 2 is 2.33 bits per heavy atom. The summed E-state index contributed by atoms with van der Waals surface area (Å²) in [6.45, 7) is 0. The van der Waals surface area contributed by atoms with Gasteiger partial charge in [-0.3, -0.25) is 19.3 Å². The molecule has 3 N–H and O–H groups in total. The maximum Gasteiger partial charge on any atom is 0.271 e. The summed E-state index contributed by atoms with van der Waals surface area (Å²) in [6.07, 6.45) is 0.555. The molecule has 1 saturated heterocycles. The number of rotatable bonds is 2. The first-order valence-electron chi connectivity index (χ1n) is 5.31. The van der Waals surface area contributed by atoms with E-state index in [2.05, 4.69) is 10.3 Å². The van der Waals surface area contributed by atoms with Crippen LogP contribution in [0.25, 0.3) is 0 Å². The molecule has 8 heteroatoms. The number of imide groups is 1. The highest BCUT2D eigenvalue weighted by Crippen LogP contribution is 2.14. The quantitative estimate of drug-likeness (QED) is 0.710. The van der Waals surface area contributed by atoms with E-state index in [1.165, 1.54) is 12.4 Å². The van der Waals surface area contributed by atoms with E-state index in [1.807, 2.05) is 0 Å². The van der Waals surface area contributed by atoms with Crippen molar-refractivity contribution in [2.45, 2.75) is 18.9 Å². The van der Waals surface area contributed by atoms with Crippen molar-refractivity contribution in [2.24, 2.45) is 0 Å². The number of amides is 3. The number of piperidine rings is 1. The average molecular weight is 268 g/mol. The number of likely N-dealkylation sites (N-methyl/N-ethyl adjacent to an activating group) is 1. The number of carbonyl (C=O) groups is 3. The number of nitrogens with one attached hydrogen (secondary N) is 1. The summed E-state index contributed by atoms with van der Waals surface area (Å²) in [7, 11) is 1.41. The van der Waals surface area contributed by atoms with Gasteiger partial charge in [-0.15, -0.1) is 11.3 Å². The van der Waals surface area contributed by atoms with Crippen molar-refractivity contribution in [3.8, 4) is 0 Å². The molecule has 1 fully saturated rings. The Hall–Kier alpha value is -1.96. The lowest BCUT2D eigenvalue weighted by Gasteiger charge is -2.27. The summed E-state index contributed by atoms with van der Waals surface area (Å²) in [4.78, 5) is 39.7. The fourth-order valence-corrected chi connectivity index (χ4v) is 2.22. The summed E-state index contributed by atoms with van der Waals surface area (Å²) in [5.74, 6) is -1.09. The fourth-order valence-electron chi connectivity index (χ4n) is 1.67. The molecular weight excluding hydrogens is 256 g/mol. The van der Waals surface area contributed by atoms with Crippen LogP contribution in [-0.2, 0) is 9.59 Å². The van der Waals surface area contributed by atoms with Crippen molar-refractivity contribution in [3.63, 3.8) is 0 Å². The largest absolute Gasteiger partial charge is 0.375 e. The van der Waals surface area contributed by atoms with Gasteiger partial charge in [-0.25, -0.2) is 4.98 Å². The van der Waals surface area contributed by atoms with Gasteiger partial charge in [-0.05, 0) is 6.42 Å². The third kappa shape index (κ3) is 2.33. The van der Waals surface area contributed by atoms with E-state index in [1.54, 1.807) is 0 Å². The Labute approximate surface area is 107 Å². The van der Waals surface area contributed by atoms with E-state index >= 15 is 0 Å². The molecule has 2 heterocycles. The topological polar surface area (TPSA) is 105 Å². The van der Waals surface area contributed by atoms with Crippen LogP contribution in [0, 0.1) is 0 Å². The van der Waals surface area contributed by atoms with Crippen molar-refractivity contribution >= 4 is 34.2 Å². The highest BCUT2D eigenvalue weighted by atomic mass is 32.1. The molecule has 0 aromatic carbocycles. The monoisotopic (exact) mass is 268 g/mol.